The molecule has 3 aromatic rings. The van der Waals surface area contributed by atoms with E-state index in [1.165, 1.54) is 24.3 Å². The minimum absolute atomic E-state index is 0.0913. The highest BCUT2D eigenvalue weighted by Crippen LogP contribution is 2.46. The van der Waals surface area contributed by atoms with Crippen LogP contribution >= 0.6 is 0 Å². The minimum Gasteiger partial charge on any atom is -0.389 e. The van der Waals surface area contributed by atoms with E-state index in [1.807, 2.05) is 6.07 Å². The van der Waals surface area contributed by atoms with Crippen LogP contribution in [0.5, 0.6) is 0 Å². The number of benzene rings is 2. The van der Waals surface area contributed by atoms with Gasteiger partial charge in [0, 0.05) is 23.9 Å². The lowest BCUT2D eigenvalue weighted by molar-refractivity contribution is -0.133. The Hall–Kier alpha value is -3.52. The number of aromatic amines is 1. The first-order valence-corrected chi connectivity index (χ1v) is 10.9. The highest BCUT2D eigenvalue weighted by Gasteiger charge is 2.41. The molecule has 4 N–H and O–H groups in total. The van der Waals surface area contributed by atoms with Crippen LogP contribution in [0.2, 0.25) is 0 Å². The van der Waals surface area contributed by atoms with Crippen molar-refractivity contribution in [2.45, 2.75) is 30.9 Å². The number of aliphatic hydroxyl groups is 1. The number of β-amino-alcohol motifs (C(OH)–C–C–N with tert-alkyl or cyclic N) is 1. The zero-order valence-corrected chi connectivity index (χ0v) is 17.6. The third-order valence-corrected chi connectivity index (χ3v) is 6.54. The second kappa shape index (κ2) is 8.44. The normalized spacial score (nSPS) is 24.3. The average molecular weight is 451 g/mol. The van der Waals surface area contributed by atoms with Gasteiger partial charge in [0.2, 0.25) is 11.8 Å². The fraction of sp³-hybridized carbons (Fsp3) is 0.280. The molecule has 1 aliphatic heterocycles. The van der Waals surface area contributed by atoms with Gasteiger partial charge < -0.3 is 20.7 Å². The SMILES string of the molecule is O=C(N[C@H]1C(=O)NCC1O)C1CC(c2cc(-c3ccc(F)cc3)[nH]c2-c2ccc(F)cc2)C1. The van der Waals surface area contributed by atoms with Gasteiger partial charge in [-0.1, -0.05) is 0 Å². The Bertz CT molecular complexity index is 1180. The van der Waals surface area contributed by atoms with Crippen LogP contribution in [-0.2, 0) is 9.59 Å². The lowest BCUT2D eigenvalue weighted by Crippen LogP contribution is -2.49. The number of hydrogen-bond donors (Lipinski definition) is 4. The number of H-pyrrole nitrogens is 1. The zero-order chi connectivity index (χ0) is 23.1. The second-order valence-corrected chi connectivity index (χ2v) is 8.69. The first-order chi connectivity index (χ1) is 15.9. The monoisotopic (exact) mass is 451 g/mol. The van der Waals surface area contributed by atoms with Crippen molar-refractivity contribution in [2.24, 2.45) is 5.92 Å². The van der Waals surface area contributed by atoms with Crippen LogP contribution in [0.1, 0.15) is 24.3 Å². The highest BCUT2D eigenvalue weighted by molar-refractivity contribution is 5.91. The molecule has 1 aliphatic carbocycles. The van der Waals surface area contributed by atoms with Crippen molar-refractivity contribution in [1.82, 2.24) is 15.6 Å². The summed E-state index contributed by atoms with van der Waals surface area (Å²) in [6.07, 6.45) is 0.251. The molecule has 2 aliphatic rings. The summed E-state index contributed by atoms with van der Waals surface area (Å²) in [5.41, 5.74) is 4.29. The maximum atomic E-state index is 13.5. The number of amides is 2. The van der Waals surface area contributed by atoms with Gasteiger partial charge in [0.05, 0.1) is 0 Å². The van der Waals surface area contributed by atoms with Gasteiger partial charge in [-0.2, -0.15) is 0 Å². The van der Waals surface area contributed by atoms with Crippen LogP contribution in [0.3, 0.4) is 0 Å². The largest absolute Gasteiger partial charge is 0.389 e. The first-order valence-electron chi connectivity index (χ1n) is 10.9. The van der Waals surface area contributed by atoms with E-state index in [0.717, 1.165) is 28.1 Å². The van der Waals surface area contributed by atoms with Gasteiger partial charge in [-0.05, 0) is 90.0 Å². The van der Waals surface area contributed by atoms with E-state index in [9.17, 15) is 23.5 Å². The van der Waals surface area contributed by atoms with Crippen molar-refractivity contribution < 1.29 is 23.5 Å². The van der Waals surface area contributed by atoms with Crippen molar-refractivity contribution in [3.05, 3.63) is 71.8 Å². The summed E-state index contributed by atoms with van der Waals surface area (Å²) in [5, 5.41) is 15.1. The molecule has 1 unspecified atom stereocenters. The van der Waals surface area contributed by atoms with Crippen molar-refractivity contribution >= 4 is 11.8 Å². The topological polar surface area (TPSA) is 94.2 Å². The summed E-state index contributed by atoms with van der Waals surface area (Å²) < 4.78 is 26.8. The average Bonchev–Trinajstić information content (AvgIpc) is 3.33. The van der Waals surface area contributed by atoms with E-state index in [1.54, 1.807) is 24.3 Å². The summed E-state index contributed by atoms with van der Waals surface area (Å²) in [6.45, 7) is 0.133. The Morgan fingerprint density at radius 1 is 0.970 bits per heavy atom. The molecular formula is C25H23F2N3O3. The molecule has 2 atom stereocenters. The molecule has 8 heteroatoms. The molecule has 6 nitrogen and oxygen atoms in total. The molecule has 0 bridgehead atoms. The fourth-order valence-electron chi connectivity index (χ4n) is 4.56. The molecule has 2 fully saturated rings. The second-order valence-electron chi connectivity index (χ2n) is 8.69. The summed E-state index contributed by atoms with van der Waals surface area (Å²) in [4.78, 5) is 27.8. The van der Waals surface area contributed by atoms with Gasteiger partial charge in [-0.15, -0.1) is 0 Å². The minimum atomic E-state index is -0.926. The number of rotatable bonds is 5. The van der Waals surface area contributed by atoms with E-state index in [-0.39, 0.29) is 41.8 Å². The van der Waals surface area contributed by atoms with Crippen molar-refractivity contribution in [1.29, 1.82) is 0 Å². The van der Waals surface area contributed by atoms with Crippen LogP contribution in [0.25, 0.3) is 22.5 Å². The summed E-state index contributed by atoms with van der Waals surface area (Å²) in [7, 11) is 0. The quantitative estimate of drug-likeness (QED) is 0.480. The summed E-state index contributed by atoms with van der Waals surface area (Å²) in [6, 6.07) is 13.4. The fourth-order valence-corrected chi connectivity index (χ4v) is 4.56. The number of aliphatic hydroxyl groups excluding tert-OH is 1. The standard InChI is InChI=1S/C25H23F2N3O3/c26-17-5-1-13(2-6-17)20-11-19(22(29-20)14-3-7-18(27)8-4-14)15-9-16(10-15)24(32)30-23-21(31)12-28-25(23)33/h1-8,11,15-16,21,23,29,31H,9-10,12H2,(H,28,33)(H,30,32)/t15?,16?,21?,23-/m1/s1. The van der Waals surface area contributed by atoms with Gasteiger partial charge in [0.15, 0.2) is 0 Å². The lowest BCUT2D eigenvalue weighted by Gasteiger charge is -2.35. The predicted octanol–water partition coefficient (Wildman–Crippen LogP) is 3.10. The molecule has 0 spiro atoms. The van der Waals surface area contributed by atoms with E-state index in [4.69, 9.17) is 0 Å². The molecule has 2 aromatic carbocycles. The number of carbonyl (C=O) groups excluding carboxylic acids is 2. The van der Waals surface area contributed by atoms with Gasteiger partial charge in [-0.3, -0.25) is 9.59 Å². The zero-order valence-electron chi connectivity index (χ0n) is 17.6. The third-order valence-electron chi connectivity index (χ3n) is 6.54. The highest BCUT2D eigenvalue weighted by atomic mass is 19.1. The number of nitrogens with one attached hydrogen (secondary N) is 3. The van der Waals surface area contributed by atoms with Gasteiger partial charge in [0.1, 0.15) is 23.8 Å². The van der Waals surface area contributed by atoms with Crippen LogP contribution in [0.15, 0.2) is 54.6 Å². The third kappa shape index (κ3) is 4.14. The van der Waals surface area contributed by atoms with Crippen LogP contribution in [-0.4, -0.2) is 40.6 Å². The maximum Gasteiger partial charge on any atom is 0.245 e. The molecule has 2 amide bonds. The van der Waals surface area contributed by atoms with Crippen molar-refractivity contribution in [3.8, 4) is 22.5 Å². The summed E-state index contributed by atoms with van der Waals surface area (Å²) in [5.74, 6) is -1.44. The predicted molar refractivity (Wildman–Crippen MR) is 118 cm³/mol. The van der Waals surface area contributed by atoms with Gasteiger partial charge >= 0.3 is 0 Å². The van der Waals surface area contributed by atoms with Crippen LogP contribution < -0.4 is 10.6 Å². The maximum absolute atomic E-state index is 13.5. The molecule has 1 aromatic heterocycles. The van der Waals surface area contributed by atoms with E-state index < -0.39 is 12.1 Å². The lowest BCUT2D eigenvalue weighted by atomic mass is 9.70. The Morgan fingerprint density at radius 3 is 2.15 bits per heavy atom. The molecule has 1 saturated carbocycles. The Morgan fingerprint density at radius 2 is 1.58 bits per heavy atom. The summed E-state index contributed by atoms with van der Waals surface area (Å²) >= 11 is 0. The number of hydrogen-bond acceptors (Lipinski definition) is 3. The van der Waals surface area contributed by atoms with Crippen molar-refractivity contribution in [3.63, 3.8) is 0 Å². The molecule has 33 heavy (non-hydrogen) atoms. The van der Waals surface area contributed by atoms with E-state index in [2.05, 4.69) is 15.6 Å². The van der Waals surface area contributed by atoms with E-state index >= 15 is 0 Å². The van der Waals surface area contributed by atoms with E-state index in [0.29, 0.717) is 12.8 Å². The van der Waals surface area contributed by atoms with Crippen LogP contribution in [0, 0.1) is 17.6 Å². The number of carbonyl (C=O) groups is 2. The Balaban J connectivity index is 1.37. The molecule has 1 saturated heterocycles. The smallest absolute Gasteiger partial charge is 0.245 e. The molecular weight excluding hydrogens is 428 g/mol. The van der Waals surface area contributed by atoms with Gasteiger partial charge in [-0.25, -0.2) is 8.78 Å². The molecule has 2 heterocycles. The molecule has 5 rings (SSSR count). The Labute approximate surface area is 189 Å². The molecule has 170 valence electrons. The Kier molecular flexibility index (Phi) is 5.46. The van der Waals surface area contributed by atoms with Gasteiger partial charge in [0.25, 0.3) is 0 Å². The molecule has 0 radical (unpaired) electrons. The first kappa shape index (κ1) is 21.3. The number of halogens is 2. The van der Waals surface area contributed by atoms with Crippen molar-refractivity contribution in [2.75, 3.05) is 6.54 Å². The van der Waals surface area contributed by atoms with Crippen LogP contribution in [0.4, 0.5) is 8.78 Å². The number of aromatic nitrogens is 1.